The van der Waals surface area contributed by atoms with Gasteiger partial charge in [-0.2, -0.15) is 0 Å². The molecule has 2 saturated heterocycles. The molecular weight excluding hydrogens is 410 g/mol. The number of fused-ring (bicyclic) bond motifs is 1. The molecule has 0 amide bonds. The Morgan fingerprint density at radius 2 is 2.10 bits per heavy atom. The molecule has 0 saturated carbocycles. The quantitative estimate of drug-likeness (QED) is 0.720. The van der Waals surface area contributed by atoms with Crippen LogP contribution in [0.5, 0.6) is 0 Å². The highest BCUT2D eigenvalue weighted by molar-refractivity contribution is 6.28. The van der Waals surface area contributed by atoms with E-state index in [0.29, 0.717) is 23.8 Å². The Bertz CT molecular complexity index is 953. The van der Waals surface area contributed by atoms with Crippen LogP contribution >= 0.6 is 11.6 Å². The lowest BCUT2D eigenvalue weighted by Crippen LogP contribution is -2.68. The van der Waals surface area contributed by atoms with Crippen LogP contribution in [0.15, 0.2) is 24.3 Å². The third-order valence-electron chi connectivity index (χ3n) is 6.52. The number of nitrogens with zero attached hydrogens (tertiary/aromatic N) is 3. The van der Waals surface area contributed by atoms with Gasteiger partial charge in [0.1, 0.15) is 5.82 Å². The van der Waals surface area contributed by atoms with Crippen LogP contribution in [-0.4, -0.2) is 47.2 Å². The first-order valence-corrected chi connectivity index (χ1v) is 10.8. The normalized spacial score (nSPS) is 22.9. The van der Waals surface area contributed by atoms with Gasteiger partial charge in [0.2, 0.25) is 5.28 Å². The molecule has 1 unspecified atom stereocenters. The molecule has 2 aliphatic heterocycles. The van der Waals surface area contributed by atoms with Gasteiger partial charge in [0.25, 0.3) is 5.92 Å². The summed E-state index contributed by atoms with van der Waals surface area (Å²) in [5.74, 6) is -2.15. The lowest BCUT2D eigenvalue weighted by Gasteiger charge is -2.58. The molecule has 0 radical (unpaired) electrons. The minimum Gasteiger partial charge on any atom is -0.380 e. The minimum absolute atomic E-state index is 0.0105. The summed E-state index contributed by atoms with van der Waals surface area (Å²) in [5.41, 5.74) is 3.27. The predicted octanol–water partition coefficient (Wildman–Crippen LogP) is 4.04. The predicted molar refractivity (Wildman–Crippen MR) is 111 cm³/mol. The summed E-state index contributed by atoms with van der Waals surface area (Å²) < 4.78 is 32.7. The Hall–Kier alpha value is -1.83. The third-order valence-corrected chi connectivity index (χ3v) is 6.69. The number of ether oxygens (including phenoxy) is 1. The molecule has 1 spiro atoms. The van der Waals surface area contributed by atoms with Gasteiger partial charge >= 0.3 is 0 Å². The second kappa shape index (κ2) is 7.39. The summed E-state index contributed by atoms with van der Waals surface area (Å²) in [4.78, 5) is 11.4. The Morgan fingerprint density at radius 1 is 1.30 bits per heavy atom. The van der Waals surface area contributed by atoms with Crippen molar-refractivity contribution < 1.29 is 13.5 Å². The van der Waals surface area contributed by atoms with Crippen molar-refractivity contribution >= 4 is 17.4 Å². The van der Waals surface area contributed by atoms with Crippen LogP contribution in [0, 0.1) is 5.41 Å². The van der Waals surface area contributed by atoms with Gasteiger partial charge in [-0.3, -0.25) is 4.90 Å². The molecule has 8 heteroatoms. The van der Waals surface area contributed by atoms with Crippen molar-refractivity contribution in [1.29, 1.82) is 0 Å². The van der Waals surface area contributed by atoms with Gasteiger partial charge in [0.15, 0.2) is 0 Å². The first-order valence-electron chi connectivity index (χ1n) is 10.4. The molecule has 2 fully saturated rings. The maximum Gasteiger partial charge on any atom is 0.270 e. The smallest absolute Gasteiger partial charge is 0.270 e. The molecule has 30 heavy (non-hydrogen) atoms. The SMILES string of the molecule is CC(F)(F)c1cccc(CNc2nc(Cl)nc3c2CC(N2CC4(COC4)C2)CC3)c1. The van der Waals surface area contributed by atoms with Crippen molar-refractivity contribution in [2.45, 2.75) is 44.7 Å². The van der Waals surface area contributed by atoms with E-state index in [1.54, 1.807) is 6.07 Å². The van der Waals surface area contributed by atoms with Gasteiger partial charge in [-0.1, -0.05) is 18.2 Å². The molecular formula is C22H25ClF2N4O. The van der Waals surface area contributed by atoms with E-state index in [9.17, 15) is 8.78 Å². The number of anilines is 1. The summed E-state index contributed by atoms with van der Waals surface area (Å²) in [6, 6.07) is 6.94. The average Bonchev–Trinajstić information content (AvgIpc) is 2.63. The number of aromatic nitrogens is 2. The van der Waals surface area contributed by atoms with E-state index in [1.165, 1.54) is 12.1 Å². The molecule has 3 aliphatic rings. The van der Waals surface area contributed by atoms with Crippen molar-refractivity contribution in [3.63, 3.8) is 0 Å². The van der Waals surface area contributed by atoms with Gasteiger partial charge in [-0.25, -0.2) is 18.7 Å². The number of rotatable bonds is 5. The van der Waals surface area contributed by atoms with Crippen LogP contribution in [-0.2, 0) is 30.0 Å². The number of nitrogens with one attached hydrogen (secondary N) is 1. The van der Waals surface area contributed by atoms with Gasteiger partial charge in [0, 0.05) is 49.1 Å². The molecule has 5 rings (SSSR count). The number of hydrogen-bond donors (Lipinski definition) is 1. The molecule has 5 nitrogen and oxygen atoms in total. The molecule has 160 valence electrons. The van der Waals surface area contributed by atoms with E-state index in [2.05, 4.69) is 20.2 Å². The van der Waals surface area contributed by atoms with Crippen molar-refractivity contribution in [2.24, 2.45) is 5.41 Å². The van der Waals surface area contributed by atoms with Crippen molar-refractivity contribution in [2.75, 3.05) is 31.6 Å². The van der Waals surface area contributed by atoms with Crippen molar-refractivity contribution in [3.05, 3.63) is 51.9 Å². The summed E-state index contributed by atoms with van der Waals surface area (Å²) in [7, 11) is 0. The Morgan fingerprint density at radius 3 is 2.80 bits per heavy atom. The maximum atomic E-state index is 13.6. The lowest BCUT2D eigenvalue weighted by molar-refractivity contribution is -0.199. The zero-order valence-electron chi connectivity index (χ0n) is 16.9. The third kappa shape index (κ3) is 3.79. The molecule has 1 aromatic carbocycles. The van der Waals surface area contributed by atoms with Gasteiger partial charge in [-0.05, 0) is 42.5 Å². The molecule has 1 atom stereocenters. The summed E-state index contributed by atoms with van der Waals surface area (Å²) in [6.07, 6.45) is 2.80. The van der Waals surface area contributed by atoms with Crippen LogP contribution in [0.1, 0.15) is 35.7 Å². The van der Waals surface area contributed by atoms with Gasteiger partial charge < -0.3 is 10.1 Å². The van der Waals surface area contributed by atoms with E-state index in [-0.39, 0.29) is 10.8 Å². The van der Waals surface area contributed by atoms with Crippen LogP contribution in [0.3, 0.4) is 0 Å². The fourth-order valence-electron chi connectivity index (χ4n) is 4.81. The highest BCUT2D eigenvalue weighted by Gasteiger charge is 2.51. The van der Waals surface area contributed by atoms with Crippen LogP contribution in [0.4, 0.5) is 14.6 Å². The van der Waals surface area contributed by atoms with E-state index in [1.807, 2.05) is 6.07 Å². The number of halogens is 3. The van der Waals surface area contributed by atoms with E-state index in [0.717, 1.165) is 69.3 Å². The molecule has 1 aliphatic carbocycles. The maximum absolute atomic E-state index is 13.6. The van der Waals surface area contributed by atoms with Crippen molar-refractivity contribution in [1.82, 2.24) is 14.9 Å². The zero-order valence-corrected chi connectivity index (χ0v) is 17.7. The highest BCUT2D eigenvalue weighted by Crippen LogP contribution is 2.41. The fraction of sp³-hybridized carbons (Fsp3) is 0.545. The monoisotopic (exact) mass is 434 g/mol. The van der Waals surface area contributed by atoms with Crippen molar-refractivity contribution in [3.8, 4) is 0 Å². The number of alkyl halides is 2. The molecule has 1 N–H and O–H groups in total. The molecule has 1 aromatic heterocycles. The van der Waals surface area contributed by atoms with Crippen LogP contribution < -0.4 is 5.32 Å². The number of likely N-dealkylation sites (tertiary alicyclic amines) is 1. The Balaban J connectivity index is 1.31. The summed E-state index contributed by atoms with van der Waals surface area (Å²) in [5, 5.41) is 3.54. The first-order chi connectivity index (χ1) is 14.3. The zero-order chi connectivity index (χ0) is 20.9. The summed E-state index contributed by atoms with van der Waals surface area (Å²) in [6.45, 7) is 5.28. The highest BCUT2D eigenvalue weighted by atomic mass is 35.5. The topological polar surface area (TPSA) is 50.3 Å². The number of aryl methyl sites for hydroxylation is 1. The van der Waals surface area contributed by atoms with Crippen LogP contribution in [0.2, 0.25) is 5.28 Å². The molecule has 2 aromatic rings. The Labute approximate surface area is 179 Å². The van der Waals surface area contributed by atoms with Gasteiger partial charge in [0.05, 0.1) is 18.9 Å². The molecule has 3 heterocycles. The van der Waals surface area contributed by atoms with E-state index >= 15 is 0 Å². The minimum atomic E-state index is -2.86. The van der Waals surface area contributed by atoms with Gasteiger partial charge in [-0.15, -0.1) is 0 Å². The Kier molecular flexibility index (Phi) is 4.95. The summed E-state index contributed by atoms with van der Waals surface area (Å²) >= 11 is 6.16. The fourth-order valence-corrected chi connectivity index (χ4v) is 4.99. The number of benzene rings is 1. The van der Waals surface area contributed by atoms with E-state index < -0.39 is 5.92 Å². The number of hydrogen-bond acceptors (Lipinski definition) is 5. The largest absolute Gasteiger partial charge is 0.380 e. The standard InChI is InChI=1S/C22H25ClF2N4O/c1-21(24,25)15-4-2-3-14(7-15)9-26-19-17-8-16(5-6-18(17)27-20(23)28-19)29-10-22(11-29)12-30-13-22/h2-4,7,16H,5-6,8-13H2,1H3,(H,26,27,28). The molecule has 0 bridgehead atoms. The average molecular weight is 435 g/mol. The lowest BCUT2D eigenvalue weighted by atomic mass is 9.75. The van der Waals surface area contributed by atoms with E-state index in [4.69, 9.17) is 16.3 Å². The first kappa shape index (κ1) is 20.1. The van der Waals surface area contributed by atoms with Crippen LogP contribution in [0.25, 0.3) is 0 Å². The second-order valence-electron chi connectivity index (χ2n) is 9.00. The second-order valence-corrected chi connectivity index (χ2v) is 9.34.